The molecule has 3 fully saturated rings. The van der Waals surface area contributed by atoms with Crippen molar-refractivity contribution in [2.24, 2.45) is 16.7 Å². The first-order chi connectivity index (χ1) is 26.9. The topological polar surface area (TPSA) is 209 Å². The van der Waals surface area contributed by atoms with Crippen LogP contribution in [0.1, 0.15) is 72.9 Å². The van der Waals surface area contributed by atoms with Crippen LogP contribution in [0.15, 0.2) is 96.1 Å². The zero-order valence-electron chi connectivity index (χ0n) is 32.9. The Morgan fingerprint density at radius 3 is 2.02 bits per heavy atom. The maximum atomic E-state index is 14.7. The van der Waals surface area contributed by atoms with E-state index < -0.39 is 106 Å². The van der Waals surface area contributed by atoms with E-state index in [2.05, 4.69) is 5.32 Å². The molecule has 308 valence electrons. The van der Waals surface area contributed by atoms with Gasteiger partial charge in [0.05, 0.1) is 35.8 Å². The third-order valence-corrected chi connectivity index (χ3v) is 13.0. The summed E-state index contributed by atoms with van der Waals surface area (Å²) in [5.41, 5.74) is -7.39. The summed E-state index contributed by atoms with van der Waals surface area (Å²) in [5, 5.41) is 63.4. The van der Waals surface area contributed by atoms with Crippen LogP contribution in [0.5, 0.6) is 0 Å². The predicted octanol–water partition coefficient (Wildman–Crippen LogP) is 2.73. The molecule has 2 bridgehead atoms. The van der Waals surface area contributed by atoms with Gasteiger partial charge in [0.25, 0.3) is 5.91 Å². The number of ketones is 1. The third kappa shape index (κ3) is 8.12. The van der Waals surface area contributed by atoms with Crippen LogP contribution in [0.4, 0.5) is 4.39 Å². The quantitative estimate of drug-likeness (QED) is 0.142. The molecule has 1 amide bonds. The molecule has 59 heavy (non-hydrogen) atoms. The number of carbonyl (C=O) groups is 4. The Bertz CT molecular complexity index is 2110. The van der Waals surface area contributed by atoms with E-state index in [0.29, 0.717) is 0 Å². The summed E-state index contributed by atoms with van der Waals surface area (Å²) >= 11 is 0. The zero-order valence-corrected chi connectivity index (χ0v) is 42.4. The monoisotopic (exact) mass is 1240 g/mol. The fourth-order valence-electron chi connectivity index (χ4n) is 9.55. The molecule has 1 aliphatic heterocycles. The van der Waals surface area contributed by atoms with Crippen LogP contribution in [0.3, 0.4) is 0 Å². The number of aliphatic hydroxyl groups is 5. The normalized spacial score (nSPS) is 32.7. The van der Waals surface area contributed by atoms with Crippen LogP contribution < -0.4 is 5.32 Å². The summed E-state index contributed by atoms with van der Waals surface area (Å²) in [6, 6.07) is 19.1. The van der Waals surface area contributed by atoms with Crippen molar-refractivity contribution in [3.8, 4) is 0 Å². The van der Waals surface area contributed by atoms with Gasteiger partial charge in [-0.25, -0.2) is 14.0 Å². The van der Waals surface area contributed by atoms with Gasteiger partial charge in [0.15, 0.2) is 11.9 Å². The molecule has 16 heteroatoms. The largest absolute Gasteiger partial charge is 0.456 e. The Kier molecular flexibility index (Phi) is 14.7. The molecule has 3 aromatic carbocycles. The fourth-order valence-corrected chi connectivity index (χ4v) is 9.55. The van der Waals surface area contributed by atoms with Crippen molar-refractivity contribution in [3.63, 3.8) is 0 Å². The summed E-state index contributed by atoms with van der Waals surface area (Å²) in [5.74, 6) is -5.95. The van der Waals surface area contributed by atoms with Crippen LogP contribution in [0, 0.1) is 111 Å². The molecule has 0 aromatic heterocycles. The molecule has 3 aromatic rings. The Morgan fingerprint density at radius 1 is 0.881 bits per heavy atom. The summed E-state index contributed by atoms with van der Waals surface area (Å²) in [4.78, 5) is 56.0. The van der Waals surface area contributed by atoms with E-state index in [-0.39, 0.29) is 129 Å². The number of esters is 2. The number of ether oxygens (including phenoxy) is 3. The van der Waals surface area contributed by atoms with Gasteiger partial charge in [-0.3, -0.25) is 9.59 Å². The molecule has 13 nitrogen and oxygen atoms in total. The first-order valence-electron chi connectivity index (χ1n) is 18.8. The minimum Gasteiger partial charge on any atom is -0.456 e. The average molecular weight is 1240 g/mol. The van der Waals surface area contributed by atoms with Gasteiger partial charge in [-0.2, -0.15) is 0 Å². The van der Waals surface area contributed by atoms with Crippen molar-refractivity contribution < 1.29 is 151 Å². The number of rotatable bonds is 8. The Balaban J connectivity index is 0.00000331. The van der Waals surface area contributed by atoms with Gasteiger partial charge in [0.1, 0.15) is 35.3 Å². The Hall–Kier alpha value is -1.95. The predicted molar refractivity (Wildman–Crippen MR) is 199 cm³/mol. The molecular weight excluding hydrogens is 1200 g/mol. The number of hydrogen-bond donors (Lipinski definition) is 6. The minimum absolute atomic E-state index is 0. The molecule has 11 atom stereocenters. The van der Waals surface area contributed by atoms with Gasteiger partial charge in [0, 0.05) is 118 Å². The van der Waals surface area contributed by atoms with Crippen LogP contribution in [0.25, 0.3) is 0 Å². The molecule has 0 spiro atoms. The molecule has 2 saturated carbocycles. The van der Waals surface area contributed by atoms with Crippen molar-refractivity contribution in [2.45, 2.75) is 94.4 Å². The summed E-state index contributed by atoms with van der Waals surface area (Å²) < 4.78 is 31.7. The van der Waals surface area contributed by atoms with Crippen LogP contribution in [-0.4, -0.2) is 104 Å². The van der Waals surface area contributed by atoms with Crippen LogP contribution >= 0.6 is 0 Å². The molecule has 7 rings (SSSR count). The SMILES string of the molecule is CC1=C2C(O)C(=O)[C@]3(C)C(O)CC4OC[C@@]4(O)C3C(OC(=O)c3ccccc3)C(O)(CC1OC(=O)C(O)C(NC(=O)c1ccccc1)c1ccc(F)cc1)C2(C)C.[Ac].[Ac]. The number of carbonyl (C=O) groups excluding carboxylic acids is 4. The maximum absolute atomic E-state index is 14.7. The number of hydrogen-bond acceptors (Lipinski definition) is 12. The first kappa shape index (κ1) is 48.1. The van der Waals surface area contributed by atoms with E-state index in [4.69, 9.17) is 14.2 Å². The van der Waals surface area contributed by atoms with Crippen molar-refractivity contribution >= 4 is 23.6 Å². The van der Waals surface area contributed by atoms with Crippen molar-refractivity contribution in [3.05, 3.63) is 119 Å². The van der Waals surface area contributed by atoms with Gasteiger partial charge in [-0.05, 0) is 67.0 Å². The minimum atomic E-state index is -2.35. The zero-order chi connectivity index (χ0) is 41.2. The first-order valence-corrected chi connectivity index (χ1v) is 18.8. The molecule has 2 radical (unpaired) electrons. The van der Waals surface area contributed by atoms with E-state index in [0.717, 1.165) is 12.1 Å². The van der Waals surface area contributed by atoms with E-state index in [1.165, 1.54) is 64.1 Å². The molecule has 4 aliphatic rings. The molecule has 1 heterocycles. The van der Waals surface area contributed by atoms with Crippen molar-refractivity contribution in [1.82, 2.24) is 5.32 Å². The number of Topliss-reactive ketones (excluding diaryl/α,β-unsaturated/α-hetero) is 1. The third-order valence-electron chi connectivity index (χ3n) is 13.0. The number of aliphatic hydroxyl groups excluding tert-OH is 3. The van der Waals surface area contributed by atoms with Crippen LogP contribution in [0.2, 0.25) is 0 Å². The van der Waals surface area contributed by atoms with E-state index in [1.807, 2.05) is 0 Å². The molecule has 6 N–H and O–H groups in total. The Morgan fingerprint density at radius 2 is 1.46 bits per heavy atom. The smallest absolute Gasteiger partial charge is 0.338 e. The maximum Gasteiger partial charge on any atom is 0.338 e. The Labute approximate surface area is 412 Å². The van der Waals surface area contributed by atoms with E-state index >= 15 is 0 Å². The van der Waals surface area contributed by atoms with Crippen molar-refractivity contribution in [1.29, 1.82) is 0 Å². The average Bonchev–Trinajstić information content (AvgIpc) is 3.19. The second-order valence-electron chi connectivity index (χ2n) is 16.4. The number of benzene rings is 3. The van der Waals surface area contributed by atoms with Gasteiger partial charge in [-0.1, -0.05) is 62.4 Å². The number of nitrogens with one attached hydrogen (secondary N) is 1. The molecular formula is C43H46Ac2FNO12. The van der Waals surface area contributed by atoms with Crippen LogP contribution in [-0.2, 0) is 23.8 Å². The van der Waals surface area contributed by atoms with Gasteiger partial charge >= 0.3 is 11.9 Å². The molecule has 3 aliphatic carbocycles. The summed E-state index contributed by atoms with van der Waals surface area (Å²) in [6.45, 7) is 5.57. The molecule has 1 saturated heterocycles. The van der Waals surface area contributed by atoms with E-state index in [9.17, 15) is 49.1 Å². The summed E-state index contributed by atoms with van der Waals surface area (Å²) in [6.07, 6.45) is -10.7. The second-order valence-corrected chi connectivity index (χ2v) is 16.4. The van der Waals surface area contributed by atoms with Crippen molar-refractivity contribution in [2.75, 3.05) is 6.61 Å². The van der Waals surface area contributed by atoms with Gasteiger partial charge < -0.3 is 45.1 Å². The molecule has 9 unspecified atom stereocenters. The number of halogens is 1. The van der Waals surface area contributed by atoms with Gasteiger partial charge in [0.2, 0.25) is 0 Å². The number of fused-ring (bicyclic) bond motifs is 5. The van der Waals surface area contributed by atoms with Gasteiger partial charge in [-0.15, -0.1) is 0 Å². The number of amides is 1. The second kappa shape index (κ2) is 18.0. The fraction of sp³-hybridized carbons (Fsp3) is 0.442. The van der Waals surface area contributed by atoms with E-state index in [1.54, 1.807) is 36.4 Å². The standard InChI is InChI=1S/C43H46FNO12.2Ac/c1-22-27(56-39(52)33(48)31(23-15-17-26(44)18-16-23)45-37(50)24-11-7-5-8-12-24)20-43(54)36(57-38(51)25-13-9-6-10-14-25)34-41(4,28(46)19-29-42(34,53)21-55-29)35(49)32(47)30(22)40(43,2)3;;/h5-18,27-29,31-34,36,46-48,53-54H,19-21H2,1-4H3,(H,45,50);;/t27?,28?,29?,31?,32?,33?,34?,36?,41-,42+,43?;;/m1../s1. The summed E-state index contributed by atoms with van der Waals surface area (Å²) in [7, 11) is 0.